The van der Waals surface area contributed by atoms with E-state index in [1.54, 1.807) is 7.11 Å². The number of carbonyl (C=O) groups is 5. The molecule has 0 aromatic heterocycles. The largest absolute Gasteiger partial charge is 0.466 e. The minimum absolute atomic E-state index is 0.0110. The summed E-state index contributed by atoms with van der Waals surface area (Å²) in [6.07, 6.45) is 7.32. The van der Waals surface area contributed by atoms with Crippen LogP contribution in [-0.2, 0) is 68.7 Å². The molecule has 0 heterocycles. The van der Waals surface area contributed by atoms with Gasteiger partial charge in [-0.1, -0.05) is 48.1 Å². The number of rotatable bonds is 40. The molecule has 85 heavy (non-hydrogen) atoms. The molecule has 496 valence electrons. The van der Waals surface area contributed by atoms with Gasteiger partial charge < -0.3 is 65.0 Å². The van der Waals surface area contributed by atoms with E-state index in [1.165, 1.54) is 0 Å². The van der Waals surface area contributed by atoms with Crippen LogP contribution in [0.1, 0.15) is 119 Å². The molecular weight excluding hydrogens is 1190 g/mol. The van der Waals surface area contributed by atoms with Gasteiger partial charge in [-0.05, 0) is 189 Å². The summed E-state index contributed by atoms with van der Waals surface area (Å²) in [6.45, 7) is 48.3. The Morgan fingerprint density at radius 3 is 1.49 bits per heavy atom. The summed E-state index contributed by atoms with van der Waals surface area (Å²) in [5.41, 5.74) is -2.07. The summed E-state index contributed by atoms with van der Waals surface area (Å²) in [4.78, 5) is 65.6. The zero-order chi connectivity index (χ0) is 64.8. The zero-order valence-electron chi connectivity index (χ0n) is 57.1. The molecule has 2 rings (SSSR count). The summed E-state index contributed by atoms with van der Waals surface area (Å²) in [7, 11) is -11.4. The lowest BCUT2D eigenvalue weighted by molar-refractivity contribution is -0.151. The maximum absolute atomic E-state index is 14.2. The molecule has 0 bridgehead atoms. The van der Waals surface area contributed by atoms with Gasteiger partial charge >= 0.3 is 47.2 Å². The van der Waals surface area contributed by atoms with E-state index in [9.17, 15) is 24.0 Å². The van der Waals surface area contributed by atoms with Crippen molar-refractivity contribution in [3.05, 3.63) is 12.7 Å². The Kier molecular flexibility index (Phi) is 31.7. The number of esters is 3. The Morgan fingerprint density at radius 2 is 1.00 bits per heavy atom. The van der Waals surface area contributed by atoms with E-state index >= 15 is 0 Å². The van der Waals surface area contributed by atoms with Crippen molar-refractivity contribution in [1.82, 2.24) is 10.6 Å². The second kappa shape index (κ2) is 34.2. The first-order chi connectivity index (χ1) is 38.8. The summed E-state index contributed by atoms with van der Waals surface area (Å²) in [5.74, 6) is -1.21. The van der Waals surface area contributed by atoms with Crippen molar-refractivity contribution in [2.45, 2.75) is 228 Å². The van der Waals surface area contributed by atoms with Gasteiger partial charge in [0.05, 0.1) is 25.2 Å². The van der Waals surface area contributed by atoms with Crippen molar-refractivity contribution < 1.29 is 78.3 Å². The lowest BCUT2D eigenvalue weighted by Gasteiger charge is -2.47. The predicted molar refractivity (Wildman–Crippen MR) is 350 cm³/mol. The van der Waals surface area contributed by atoms with Gasteiger partial charge in [-0.15, -0.1) is 0 Å². The molecule has 0 aromatic carbocycles. The number of nitrogens with one attached hydrogen (secondary N) is 2. The second-order valence-electron chi connectivity index (χ2n) is 31.1. The first-order valence-corrected chi connectivity index (χ1v) is 49.9. The Hall–Kier alpha value is -2.29. The van der Waals surface area contributed by atoms with Gasteiger partial charge in [0.15, 0.2) is 33.3 Å². The van der Waals surface area contributed by atoms with Crippen LogP contribution >= 0.6 is 0 Å². The van der Waals surface area contributed by atoms with Crippen molar-refractivity contribution >= 4 is 80.5 Å². The van der Waals surface area contributed by atoms with Crippen molar-refractivity contribution in [1.29, 1.82) is 0 Å². The lowest BCUT2D eigenvalue weighted by Crippen LogP contribution is -2.52. The van der Waals surface area contributed by atoms with Crippen LogP contribution in [0.3, 0.4) is 0 Å². The highest BCUT2D eigenvalue weighted by atomic mass is 28.5. The first-order valence-electron chi connectivity index (χ1n) is 31.2. The molecule has 0 aromatic rings. The highest BCUT2D eigenvalue weighted by molar-refractivity contribution is 6.88. The molecule has 4 atom stereocenters. The monoisotopic (exact) mass is 1310 g/mol. The van der Waals surface area contributed by atoms with Crippen molar-refractivity contribution in [2.24, 2.45) is 33.0 Å². The van der Waals surface area contributed by atoms with Crippen molar-refractivity contribution in [2.75, 3.05) is 79.7 Å². The number of amides is 2. The smallest absolute Gasteiger partial charge is 0.407 e. The molecule has 0 radical (unpaired) electrons. The Balaban J connectivity index is 2.49. The number of carbonyl (C=O) groups excluding carboxylic acids is 5. The van der Waals surface area contributed by atoms with Crippen molar-refractivity contribution in [3.63, 3.8) is 0 Å². The average molecular weight is 1310 g/mol. The third kappa shape index (κ3) is 35.6. The van der Waals surface area contributed by atoms with E-state index in [4.69, 9.17) is 54.4 Å². The molecule has 2 aliphatic carbocycles. The minimum Gasteiger partial charge on any atom is -0.466 e. The topological polar surface area (TPSA) is 220 Å². The number of alkyl carbamates (subject to hydrolysis) is 2. The van der Waals surface area contributed by atoms with Gasteiger partial charge in [-0.3, -0.25) is 9.59 Å². The minimum atomic E-state index is -2.59. The number of hydrogen-bond donors (Lipinski definition) is 2. The molecule has 0 spiro atoms. The molecule has 2 saturated carbocycles. The fourth-order valence-corrected chi connectivity index (χ4v) is 38.2. The summed E-state index contributed by atoms with van der Waals surface area (Å²) in [5, 5.41) is 6.25. The lowest BCUT2D eigenvalue weighted by atomic mass is 9.60. The van der Waals surface area contributed by atoms with Crippen LogP contribution in [0.2, 0.25) is 104 Å². The van der Waals surface area contributed by atoms with Gasteiger partial charge in [0, 0.05) is 64.9 Å². The van der Waals surface area contributed by atoms with E-state index in [0.29, 0.717) is 71.4 Å². The standard InChI is InChI=1S/C60H120N2O17Si6/c1-23-51(63)72-33-34-73-53(65)37-49-38-56(2,3)43-59(7,39-49)44-61-54(66)74-47-60(45-69-30-25-35-84(21,76-80(9,10)11)77-81(12,13)14,46-70-31-26-36-85(22,78-82(15,16)17)79-83(18,19)20)48-75-55(67)62-50-40-57(4,5)42-58(6,41-50)28-27-52(64)71-32-24-29-68-8/h23,49-50H,1,24-48H2,2-22H3,(H,61,66)(H,62,67). The molecule has 19 nitrogen and oxygen atoms in total. The Bertz CT molecular complexity index is 2010. The van der Waals surface area contributed by atoms with Crippen molar-refractivity contribution in [3.8, 4) is 0 Å². The van der Waals surface area contributed by atoms with Crippen LogP contribution in [0.5, 0.6) is 0 Å². The summed E-state index contributed by atoms with van der Waals surface area (Å²) >= 11 is 0. The molecule has 2 amide bonds. The number of ether oxygens (including phenoxy) is 8. The molecule has 4 unspecified atom stereocenters. The average Bonchev–Trinajstić information content (AvgIpc) is 2.81. The van der Waals surface area contributed by atoms with Crippen LogP contribution in [0, 0.1) is 33.0 Å². The fraction of sp³-hybridized carbons (Fsp3) is 0.883. The zero-order valence-corrected chi connectivity index (χ0v) is 63.1. The highest BCUT2D eigenvalue weighted by Gasteiger charge is 2.46. The van der Waals surface area contributed by atoms with Gasteiger partial charge in [0.1, 0.15) is 26.4 Å². The van der Waals surface area contributed by atoms with Crippen LogP contribution in [0.4, 0.5) is 9.59 Å². The molecular formula is C60H120N2O17Si6. The third-order valence-electron chi connectivity index (χ3n) is 14.6. The molecule has 0 aliphatic heterocycles. The summed E-state index contributed by atoms with van der Waals surface area (Å²) < 4.78 is 73.9. The predicted octanol–water partition coefficient (Wildman–Crippen LogP) is 13.2. The summed E-state index contributed by atoms with van der Waals surface area (Å²) in [6, 6.07) is 1.21. The van der Waals surface area contributed by atoms with Crippen LogP contribution in [-0.4, -0.2) is 166 Å². The van der Waals surface area contributed by atoms with Gasteiger partial charge in [0.2, 0.25) is 0 Å². The molecule has 2 aliphatic rings. The molecule has 0 saturated heterocycles. The highest BCUT2D eigenvalue weighted by Crippen LogP contribution is 2.50. The van der Waals surface area contributed by atoms with E-state index in [2.05, 4.69) is 150 Å². The normalized spacial score (nSPS) is 21.3. The Labute approximate surface area is 520 Å². The van der Waals surface area contributed by atoms with Gasteiger partial charge in [-0.2, -0.15) is 0 Å². The maximum atomic E-state index is 14.2. The van der Waals surface area contributed by atoms with E-state index in [1.807, 2.05) is 0 Å². The van der Waals surface area contributed by atoms with Crippen LogP contribution in [0.15, 0.2) is 12.7 Å². The molecule has 2 N–H and O–H groups in total. The molecule has 25 heteroatoms. The molecule has 2 fully saturated rings. The SMILES string of the molecule is C=CC(=O)OCCOC(=O)CC1CC(C)(C)CC(C)(CNC(=O)OCC(COCCC[Si](C)(O[Si](C)(C)C)O[Si](C)(C)C)(COCCC[Si](C)(O[Si](C)(C)C)O[Si](C)(C)C)COC(=O)NC2CC(C)(C)CC(C)(CCC(=O)OCCCOC)C2)C1. The maximum Gasteiger partial charge on any atom is 0.407 e. The van der Waals surface area contributed by atoms with Crippen LogP contribution in [0.25, 0.3) is 0 Å². The third-order valence-corrected chi connectivity index (χ3v) is 33.8. The first kappa shape index (κ1) is 78.8. The second-order valence-corrected chi connectivity index (χ2v) is 56.8. The number of methoxy groups -OCH3 is 1. The van der Waals surface area contributed by atoms with E-state index in [-0.39, 0.29) is 105 Å². The van der Waals surface area contributed by atoms with E-state index < -0.39 is 74.0 Å². The van der Waals surface area contributed by atoms with Gasteiger partial charge in [-0.25, -0.2) is 14.4 Å². The quantitative estimate of drug-likeness (QED) is 0.0191. The fourth-order valence-electron chi connectivity index (χ4n) is 13.2. The van der Waals surface area contributed by atoms with E-state index in [0.717, 1.165) is 37.4 Å². The number of hydrogen-bond acceptors (Lipinski definition) is 17. The Morgan fingerprint density at radius 1 is 0.529 bits per heavy atom. The van der Waals surface area contributed by atoms with Crippen LogP contribution < -0.4 is 10.6 Å². The van der Waals surface area contributed by atoms with Gasteiger partial charge in [0.25, 0.3) is 0 Å².